The summed E-state index contributed by atoms with van der Waals surface area (Å²) in [4.78, 5) is 26.7. The number of rotatable bonds is 6. The predicted octanol–water partition coefficient (Wildman–Crippen LogP) is 3.07. The summed E-state index contributed by atoms with van der Waals surface area (Å²) in [6.45, 7) is 4.77. The smallest absolute Gasteiger partial charge is 0.276 e. The Hall–Kier alpha value is -2.64. The number of halogens is 2. The van der Waals surface area contributed by atoms with E-state index in [-0.39, 0.29) is 41.3 Å². The zero-order valence-corrected chi connectivity index (χ0v) is 16.1. The van der Waals surface area contributed by atoms with Crippen LogP contribution in [0.2, 0.25) is 0 Å². The van der Waals surface area contributed by atoms with Gasteiger partial charge in [0.2, 0.25) is 0 Å². The highest BCUT2D eigenvalue weighted by Crippen LogP contribution is 2.22. The number of hydrogen-bond donors (Lipinski definition) is 0. The number of ketones is 1. The molecule has 2 aromatic rings. The van der Waals surface area contributed by atoms with Gasteiger partial charge in [0.05, 0.1) is 12.7 Å². The van der Waals surface area contributed by atoms with Crippen LogP contribution in [0.3, 0.4) is 0 Å². The van der Waals surface area contributed by atoms with Crippen LogP contribution in [0.1, 0.15) is 49.2 Å². The molecule has 8 heteroatoms. The fourth-order valence-electron chi connectivity index (χ4n) is 3.47. The van der Waals surface area contributed by atoms with Gasteiger partial charge in [0.15, 0.2) is 5.69 Å². The summed E-state index contributed by atoms with van der Waals surface area (Å²) < 4.78 is 28.8. The van der Waals surface area contributed by atoms with Gasteiger partial charge in [0.1, 0.15) is 17.4 Å². The van der Waals surface area contributed by atoms with E-state index in [9.17, 15) is 18.4 Å². The molecular formula is C20H24F2N4O2. The van der Waals surface area contributed by atoms with E-state index in [1.807, 2.05) is 13.8 Å². The van der Waals surface area contributed by atoms with Gasteiger partial charge in [-0.25, -0.2) is 13.5 Å². The molecule has 0 N–H and O–H groups in total. The Morgan fingerprint density at radius 2 is 1.96 bits per heavy atom. The van der Waals surface area contributed by atoms with Crippen molar-refractivity contribution in [3.05, 3.63) is 47.3 Å². The molecule has 150 valence electrons. The van der Waals surface area contributed by atoms with Crippen molar-refractivity contribution in [2.75, 3.05) is 13.1 Å². The predicted molar refractivity (Wildman–Crippen MR) is 98.6 cm³/mol. The maximum absolute atomic E-state index is 13.8. The molecule has 0 aliphatic carbocycles. The minimum absolute atomic E-state index is 0.105. The van der Waals surface area contributed by atoms with Crippen LogP contribution >= 0.6 is 0 Å². The molecule has 3 rings (SSSR count). The molecular weight excluding hydrogens is 366 g/mol. The van der Waals surface area contributed by atoms with Crippen LogP contribution in [0.4, 0.5) is 8.78 Å². The van der Waals surface area contributed by atoms with E-state index >= 15 is 0 Å². The summed E-state index contributed by atoms with van der Waals surface area (Å²) in [6.07, 6.45) is 3.44. The average Bonchev–Trinajstić information content (AvgIpc) is 3.12. The summed E-state index contributed by atoms with van der Waals surface area (Å²) in [5.41, 5.74) is -0.0302. The van der Waals surface area contributed by atoms with E-state index in [0.29, 0.717) is 19.5 Å². The highest BCUT2D eigenvalue weighted by Gasteiger charge is 2.30. The highest BCUT2D eigenvalue weighted by atomic mass is 19.1. The van der Waals surface area contributed by atoms with Crippen LogP contribution in [-0.4, -0.2) is 44.7 Å². The maximum atomic E-state index is 13.8. The Balaban J connectivity index is 1.67. The Morgan fingerprint density at radius 1 is 1.25 bits per heavy atom. The van der Waals surface area contributed by atoms with Crippen LogP contribution in [0, 0.1) is 23.5 Å². The number of piperidine rings is 1. The first-order chi connectivity index (χ1) is 13.3. The lowest BCUT2D eigenvalue weighted by atomic mass is 9.89. The first-order valence-corrected chi connectivity index (χ1v) is 9.50. The van der Waals surface area contributed by atoms with E-state index in [2.05, 4.69) is 10.3 Å². The molecule has 1 aliphatic rings. The molecule has 0 saturated carbocycles. The number of amides is 1. The summed E-state index contributed by atoms with van der Waals surface area (Å²) in [5, 5.41) is 7.68. The van der Waals surface area contributed by atoms with Crippen LogP contribution < -0.4 is 0 Å². The zero-order valence-electron chi connectivity index (χ0n) is 16.1. The quantitative estimate of drug-likeness (QED) is 0.760. The van der Waals surface area contributed by atoms with Crippen LogP contribution in [0.25, 0.3) is 0 Å². The van der Waals surface area contributed by atoms with Crippen molar-refractivity contribution in [3.63, 3.8) is 0 Å². The number of likely N-dealkylation sites (tertiary alicyclic amines) is 1. The average molecular weight is 390 g/mol. The number of carbonyl (C=O) groups is 2. The molecule has 0 bridgehead atoms. The van der Waals surface area contributed by atoms with Crippen molar-refractivity contribution < 1.29 is 18.4 Å². The molecule has 1 amide bonds. The van der Waals surface area contributed by atoms with Crippen LogP contribution in [-0.2, 0) is 11.3 Å². The minimum Gasteiger partial charge on any atom is -0.336 e. The third-order valence-electron chi connectivity index (χ3n) is 4.91. The van der Waals surface area contributed by atoms with Gasteiger partial charge in [-0.3, -0.25) is 9.59 Å². The monoisotopic (exact) mass is 390 g/mol. The van der Waals surface area contributed by atoms with Crippen molar-refractivity contribution in [3.8, 4) is 0 Å². The Labute approximate surface area is 162 Å². The van der Waals surface area contributed by atoms with Crippen LogP contribution in [0.15, 0.2) is 24.4 Å². The summed E-state index contributed by atoms with van der Waals surface area (Å²) in [7, 11) is 0. The lowest BCUT2D eigenvalue weighted by Crippen LogP contribution is -2.42. The Bertz CT molecular complexity index is 845. The molecule has 1 aromatic carbocycles. The summed E-state index contributed by atoms with van der Waals surface area (Å²) in [6, 6.07) is 3.63. The number of nitrogens with zero attached hydrogens (tertiary/aromatic N) is 4. The summed E-state index contributed by atoms with van der Waals surface area (Å²) in [5.74, 6) is -1.34. The molecule has 28 heavy (non-hydrogen) atoms. The largest absolute Gasteiger partial charge is 0.336 e. The van der Waals surface area contributed by atoms with E-state index in [1.54, 1.807) is 4.90 Å². The molecule has 1 fully saturated rings. The fourth-order valence-corrected chi connectivity index (χ4v) is 3.47. The minimum atomic E-state index is -0.675. The fraction of sp³-hybridized carbons (Fsp3) is 0.500. The van der Waals surface area contributed by atoms with E-state index in [4.69, 9.17) is 0 Å². The highest BCUT2D eigenvalue weighted by molar-refractivity contribution is 5.92. The topological polar surface area (TPSA) is 68.1 Å². The second-order valence-electron chi connectivity index (χ2n) is 7.66. The number of benzene rings is 1. The van der Waals surface area contributed by atoms with Crippen LogP contribution in [0.5, 0.6) is 0 Å². The zero-order chi connectivity index (χ0) is 20.3. The van der Waals surface area contributed by atoms with Gasteiger partial charge in [-0.1, -0.05) is 25.1 Å². The van der Waals surface area contributed by atoms with E-state index in [1.165, 1.54) is 29.1 Å². The second kappa shape index (κ2) is 8.58. The van der Waals surface area contributed by atoms with Gasteiger partial charge >= 0.3 is 0 Å². The molecule has 6 nitrogen and oxygen atoms in total. The standard InChI is InChI=1S/C20H24F2N4O2/c1-13(2)9-19(27)14-5-4-8-25(10-14)20(28)18-12-26(24-23-18)11-15-16(21)6-3-7-17(15)22/h3,6-7,12-14H,4-5,8-11H2,1-2H3. The van der Waals surface area contributed by atoms with E-state index in [0.717, 1.165) is 12.8 Å². The van der Waals surface area contributed by atoms with Gasteiger partial charge in [-0.15, -0.1) is 5.10 Å². The van der Waals surface area contributed by atoms with Gasteiger partial charge in [-0.2, -0.15) is 0 Å². The third kappa shape index (κ3) is 4.61. The molecule has 1 aromatic heterocycles. The molecule has 1 unspecified atom stereocenters. The normalized spacial score (nSPS) is 17.2. The molecule has 1 atom stereocenters. The van der Waals surface area contributed by atoms with Gasteiger partial charge in [0, 0.05) is 31.0 Å². The second-order valence-corrected chi connectivity index (χ2v) is 7.66. The van der Waals surface area contributed by atoms with Crippen molar-refractivity contribution in [2.24, 2.45) is 11.8 Å². The lowest BCUT2D eigenvalue weighted by Gasteiger charge is -2.31. The molecule has 1 saturated heterocycles. The molecule has 0 radical (unpaired) electrons. The van der Waals surface area contributed by atoms with Crippen molar-refractivity contribution in [1.29, 1.82) is 0 Å². The first kappa shape index (κ1) is 20.1. The Morgan fingerprint density at radius 3 is 2.64 bits per heavy atom. The maximum Gasteiger partial charge on any atom is 0.276 e. The SMILES string of the molecule is CC(C)CC(=O)C1CCCN(C(=O)c2cn(Cc3c(F)cccc3F)nn2)C1. The summed E-state index contributed by atoms with van der Waals surface area (Å²) >= 11 is 0. The van der Waals surface area contributed by atoms with E-state index < -0.39 is 11.6 Å². The van der Waals surface area contributed by atoms with Gasteiger partial charge in [0.25, 0.3) is 5.91 Å². The first-order valence-electron chi connectivity index (χ1n) is 9.50. The lowest BCUT2D eigenvalue weighted by molar-refractivity contribution is -0.124. The number of aromatic nitrogens is 3. The van der Waals surface area contributed by atoms with Gasteiger partial charge < -0.3 is 4.90 Å². The molecule has 1 aliphatic heterocycles. The van der Waals surface area contributed by atoms with Gasteiger partial charge in [-0.05, 0) is 30.9 Å². The number of hydrogen-bond acceptors (Lipinski definition) is 4. The third-order valence-corrected chi connectivity index (χ3v) is 4.91. The van der Waals surface area contributed by atoms with Crippen molar-refractivity contribution in [2.45, 2.75) is 39.7 Å². The van der Waals surface area contributed by atoms with Crippen molar-refractivity contribution >= 4 is 11.7 Å². The molecule has 2 heterocycles. The number of Topliss-reactive ketones (excluding diaryl/α,β-unsaturated/α-hetero) is 1. The van der Waals surface area contributed by atoms with Crippen molar-refractivity contribution in [1.82, 2.24) is 19.9 Å². The Kier molecular flexibility index (Phi) is 6.16. The number of carbonyl (C=O) groups excluding carboxylic acids is 2. The molecule has 0 spiro atoms.